The van der Waals surface area contributed by atoms with Gasteiger partial charge in [0.1, 0.15) is 23.2 Å². The molecule has 1 saturated carbocycles. The highest BCUT2D eigenvalue weighted by molar-refractivity contribution is 5.76. The Labute approximate surface area is 165 Å². The second kappa shape index (κ2) is 9.17. The molecule has 1 N–H and O–H groups in total. The lowest BCUT2D eigenvalue weighted by molar-refractivity contribution is -0.121. The summed E-state index contributed by atoms with van der Waals surface area (Å²) in [5, 5.41) is 11.6. The third-order valence-corrected chi connectivity index (χ3v) is 4.99. The number of aryl methyl sites for hydroxylation is 2. The number of rotatable bonds is 10. The molecule has 0 atom stereocenters. The molecule has 0 spiro atoms. The normalized spacial score (nSPS) is 13.8. The van der Waals surface area contributed by atoms with Gasteiger partial charge in [-0.3, -0.25) is 4.79 Å². The van der Waals surface area contributed by atoms with Gasteiger partial charge in [0.15, 0.2) is 0 Å². The molecule has 1 amide bonds. The van der Waals surface area contributed by atoms with Crippen molar-refractivity contribution in [1.29, 1.82) is 0 Å². The fourth-order valence-electron chi connectivity index (χ4n) is 3.27. The number of benzene rings is 1. The first-order chi connectivity index (χ1) is 13.5. The number of carbonyl (C=O) groups is 1. The van der Waals surface area contributed by atoms with Gasteiger partial charge in [-0.2, -0.15) is 0 Å². The largest absolute Gasteiger partial charge is 0.496 e. The van der Waals surface area contributed by atoms with E-state index >= 15 is 0 Å². The van der Waals surface area contributed by atoms with Crippen molar-refractivity contribution < 1.29 is 13.9 Å². The predicted octanol–water partition coefficient (Wildman–Crippen LogP) is 3.60. The molecule has 1 aliphatic rings. The van der Waals surface area contributed by atoms with E-state index in [-0.39, 0.29) is 18.3 Å². The number of aromatic nitrogens is 3. The van der Waals surface area contributed by atoms with E-state index in [9.17, 15) is 9.18 Å². The summed E-state index contributed by atoms with van der Waals surface area (Å²) < 4.78 is 20.9. The molecule has 1 fully saturated rings. The van der Waals surface area contributed by atoms with Gasteiger partial charge in [0.25, 0.3) is 0 Å². The monoisotopic (exact) mass is 388 g/mol. The maximum Gasteiger partial charge on any atom is 0.220 e. The van der Waals surface area contributed by atoms with E-state index in [1.807, 2.05) is 0 Å². The average molecular weight is 388 g/mol. The van der Waals surface area contributed by atoms with Crippen LogP contribution in [0.25, 0.3) is 0 Å². The fourth-order valence-corrected chi connectivity index (χ4v) is 3.27. The maximum absolute atomic E-state index is 13.4. The lowest BCUT2D eigenvalue weighted by Crippen LogP contribution is -2.24. The van der Waals surface area contributed by atoms with Gasteiger partial charge in [-0.05, 0) is 43.4 Å². The van der Waals surface area contributed by atoms with Gasteiger partial charge in [-0.25, -0.2) is 4.39 Å². The number of ether oxygens (including phenoxy) is 1. The summed E-state index contributed by atoms with van der Waals surface area (Å²) >= 11 is 0. The summed E-state index contributed by atoms with van der Waals surface area (Å²) in [7, 11) is 1.53. The van der Waals surface area contributed by atoms with Crippen molar-refractivity contribution in [2.45, 2.75) is 65.0 Å². The first-order valence-electron chi connectivity index (χ1n) is 9.99. The van der Waals surface area contributed by atoms with Crippen LogP contribution in [-0.4, -0.2) is 27.8 Å². The van der Waals surface area contributed by atoms with Crippen molar-refractivity contribution >= 4 is 5.91 Å². The van der Waals surface area contributed by atoms with Crippen LogP contribution in [0.15, 0.2) is 18.2 Å². The van der Waals surface area contributed by atoms with Crippen molar-refractivity contribution in [2.24, 2.45) is 5.92 Å². The van der Waals surface area contributed by atoms with Gasteiger partial charge in [0, 0.05) is 37.4 Å². The van der Waals surface area contributed by atoms with Crippen LogP contribution in [0.2, 0.25) is 0 Å². The number of methoxy groups -OCH3 is 1. The zero-order valence-corrected chi connectivity index (χ0v) is 16.9. The van der Waals surface area contributed by atoms with Gasteiger partial charge in [-0.15, -0.1) is 10.2 Å². The second-order valence-corrected chi connectivity index (χ2v) is 7.80. The summed E-state index contributed by atoms with van der Waals surface area (Å²) in [5.74, 6) is 2.66. The Balaban J connectivity index is 1.55. The number of amides is 1. The molecular formula is C21H29FN4O2. The minimum atomic E-state index is -0.350. The van der Waals surface area contributed by atoms with Crippen LogP contribution in [0.4, 0.5) is 4.39 Å². The molecule has 152 valence electrons. The highest BCUT2D eigenvalue weighted by Crippen LogP contribution is 2.37. The lowest BCUT2D eigenvalue weighted by atomic mass is 10.1. The number of hydrogen-bond acceptors (Lipinski definition) is 4. The smallest absolute Gasteiger partial charge is 0.220 e. The van der Waals surface area contributed by atoms with Gasteiger partial charge >= 0.3 is 0 Å². The summed E-state index contributed by atoms with van der Waals surface area (Å²) in [6, 6.07) is 4.77. The lowest BCUT2D eigenvalue weighted by Gasteiger charge is -2.11. The van der Waals surface area contributed by atoms with Crippen LogP contribution in [0.1, 0.15) is 62.8 Å². The molecule has 6 nitrogen and oxygen atoms in total. The van der Waals surface area contributed by atoms with Crippen molar-refractivity contribution in [3.05, 3.63) is 41.2 Å². The van der Waals surface area contributed by atoms with Crippen LogP contribution in [0.5, 0.6) is 5.75 Å². The van der Waals surface area contributed by atoms with Crippen molar-refractivity contribution in [3.63, 3.8) is 0 Å². The van der Waals surface area contributed by atoms with Gasteiger partial charge < -0.3 is 14.6 Å². The summed E-state index contributed by atoms with van der Waals surface area (Å²) in [6.45, 7) is 4.64. The molecule has 0 unspecified atom stereocenters. The Kier molecular flexibility index (Phi) is 6.65. The zero-order valence-electron chi connectivity index (χ0n) is 16.9. The number of carbonyl (C=O) groups excluding carboxylic acids is 1. The van der Waals surface area contributed by atoms with Crippen LogP contribution in [-0.2, 0) is 24.2 Å². The Bertz CT molecular complexity index is 815. The molecule has 1 heterocycles. The number of hydrogen-bond donors (Lipinski definition) is 1. The first kappa shape index (κ1) is 20.3. The molecule has 0 bridgehead atoms. The molecule has 7 heteroatoms. The molecule has 0 radical (unpaired) electrons. The summed E-state index contributed by atoms with van der Waals surface area (Å²) in [5.41, 5.74) is 0.618. The summed E-state index contributed by atoms with van der Waals surface area (Å²) in [4.78, 5) is 12.3. The van der Waals surface area contributed by atoms with E-state index in [0.29, 0.717) is 36.1 Å². The molecule has 1 aliphatic carbocycles. The Morgan fingerprint density at radius 1 is 1.29 bits per heavy atom. The molecule has 1 aromatic carbocycles. The first-order valence-corrected chi connectivity index (χ1v) is 9.99. The van der Waals surface area contributed by atoms with Crippen LogP contribution in [0, 0.1) is 11.7 Å². The quantitative estimate of drug-likeness (QED) is 0.675. The average Bonchev–Trinajstić information content (AvgIpc) is 3.43. The number of nitrogens with zero attached hydrogens (tertiary/aromatic N) is 3. The van der Waals surface area contributed by atoms with Gasteiger partial charge in [0.2, 0.25) is 5.91 Å². The van der Waals surface area contributed by atoms with E-state index in [1.165, 1.54) is 19.2 Å². The Hall–Kier alpha value is -2.44. The standard InChI is InChI=1S/C21H29FN4O2/c1-14(2)4-9-19-24-25-20(26(19)17-6-7-17)10-11-21(27)23-13-15-12-16(22)5-8-18(15)28-3/h5,8,12,14,17H,4,6-7,9-11,13H2,1-3H3,(H,23,27). The molecule has 0 saturated heterocycles. The van der Waals surface area contributed by atoms with E-state index < -0.39 is 0 Å². The van der Waals surface area contributed by atoms with E-state index in [0.717, 1.165) is 37.3 Å². The second-order valence-electron chi connectivity index (χ2n) is 7.80. The maximum atomic E-state index is 13.4. The molecule has 3 rings (SSSR count). The molecule has 2 aromatic rings. The van der Waals surface area contributed by atoms with Gasteiger partial charge in [0.05, 0.1) is 7.11 Å². The third-order valence-electron chi connectivity index (χ3n) is 4.99. The SMILES string of the molecule is COc1ccc(F)cc1CNC(=O)CCc1nnc(CCC(C)C)n1C1CC1. The van der Waals surface area contributed by atoms with Crippen LogP contribution >= 0.6 is 0 Å². The van der Waals surface area contributed by atoms with Crippen LogP contribution in [0.3, 0.4) is 0 Å². The summed E-state index contributed by atoms with van der Waals surface area (Å²) in [6.07, 6.45) is 5.20. The van der Waals surface area contributed by atoms with Crippen LogP contribution < -0.4 is 10.1 Å². The highest BCUT2D eigenvalue weighted by Gasteiger charge is 2.29. The number of nitrogens with one attached hydrogen (secondary N) is 1. The topological polar surface area (TPSA) is 69.0 Å². The predicted molar refractivity (Wildman–Crippen MR) is 105 cm³/mol. The minimum Gasteiger partial charge on any atom is -0.496 e. The van der Waals surface area contributed by atoms with Crippen molar-refractivity contribution in [3.8, 4) is 5.75 Å². The zero-order chi connectivity index (χ0) is 20.1. The van der Waals surface area contributed by atoms with E-state index in [2.05, 4.69) is 33.9 Å². The third kappa shape index (κ3) is 5.30. The van der Waals surface area contributed by atoms with Gasteiger partial charge in [-0.1, -0.05) is 13.8 Å². The highest BCUT2D eigenvalue weighted by atomic mass is 19.1. The molecule has 1 aromatic heterocycles. The Morgan fingerprint density at radius 3 is 2.64 bits per heavy atom. The van der Waals surface area contributed by atoms with Crippen molar-refractivity contribution in [2.75, 3.05) is 7.11 Å². The van der Waals surface area contributed by atoms with E-state index in [1.54, 1.807) is 6.07 Å². The fraction of sp³-hybridized carbons (Fsp3) is 0.571. The number of halogens is 1. The Morgan fingerprint density at radius 2 is 2.00 bits per heavy atom. The molecule has 28 heavy (non-hydrogen) atoms. The van der Waals surface area contributed by atoms with Crippen molar-refractivity contribution in [1.82, 2.24) is 20.1 Å². The molecular weight excluding hydrogens is 359 g/mol. The van der Waals surface area contributed by atoms with E-state index in [4.69, 9.17) is 4.74 Å². The minimum absolute atomic E-state index is 0.0969. The molecule has 0 aliphatic heterocycles.